The van der Waals surface area contributed by atoms with Crippen LogP contribution >= 0.6 is 0 Å². The van der Waals surface area contributed by atoms with Gasteiger partial charge < -0.3 is 10.0 Å². The molecule has 1 aromatic heterocycles. The summed E-state index contributed by atoms with van der Waals surface area (Å²) in [5, 5.41) is 13.1. The molecule has 0 atom stereocenters. The monoisotopic (exact) mass is 432 g/mol. The van der Waals surface area contributed by atoms with E-state index in [0.29, 0.717) is 11.4 Å². The summed E-state index contributed by atoms with van der Waals surface area (Å²) in [7, 11) is 0. The number of likely N-dealkylation sites (tertiary alicyclic amines) is 1. The first-order valence-electron chi connectivity index (χ1n) is 11.0. The van der Waals surface area contributed by atoms with Crippen LogP contribution in [0.2, 0.25) is 0 Å². The van der Waals surface area contributed by atoms with Gasteiger partial charge in [0, 0.05) is 29.8 Å². The molecule has 0 amide bonds. The Labute approximate surface area is 186 Å². The fourth-order valence-electron chi connectivity index (χ4n) is 4.30. The molecular formula is C25H28N4O3. The van der Waals surface area contributed by atoms with Crippen LogP contribution in [-0.2, 0) is 6.54 Å². The van der Waals surface area contributed by atoms with E-state index in [1.165, 1.54) is 10.5 Å². The van der Waals surface area contributed by atoms with Crippen molar-refractivity contribution in [3.05, 3.63) is 92.1 Å². The van der Waals surface area contributed by atoms with Gasteiger partial charge in [-0.1, -0.05) is 48.0 Å². The molecule has 7 heteroatoms. The molecule has 32 heavy (non-hydrogen) atoms. The Kier molecular flexibility index (Phi) is 6.37. The first kappa shape index (κ1) is 21.8. The van der Waals surface area contributed by atoms with Gasteiger partial charge in [-0.3, -0.25) is 19.3 Å². The Balaban J connectivity index is 1.54. The number of nitrogens with zero attached hydrogens (tertiary/aromatic N) is 2. The van der Waals surface area contributed by atoms with Gasteiger partial charge in [-0.2, -0.15) is 0 Å². The highest BCUT2D eigenvalue weighted by molar-refractivity contribution is 6.00. The lowest BCUT2D eigenvalue weighted by Gasteiger charge is -2.28. The summed E-state index contributed by atoms with van der Waals surface area (Å²) in [5.74, 6) is -0.629. The number of hydrogen-bond acceptors (Lipinski definition) is 4. The van der Waals surface area contributed by atoms with Gasteiger partial charge in [0.2, 0.25) is 0 Å². The van der Waals surface area contributed by atoms with Crippen LogP contribution in [0.25, 0.3) is 5.69 Å². The highest BCUT2D eigenvalue weighted by Gasteiger charge is 2.22. The molecule has 4 rings (SSSR count). The number of aromatic amines is 1. The number of rotatable bonds is 5. The molecule has 1 fully saturated rings. The zero-order valence-corrected chi connectivity index (χ0v) is 18.4. The minimum Gasteiger partial charge on any atom is -0.859 e. The van der Waals surface area contributed by atoms with Crippen molar-refractivity contribution in [2.75, 3.05) is 13.1 Å². The number of H-pyrrole nitrogens is 1. The van der Waals surface area contributed by atoms with Crippen LogP contribution in [0.1, 0.15) is 36.5 Å². The Morgan fingerprint density at radius 2 is 1.75 bits per heavy atom. The van der Waals surface area contributed by atoms with Crippen molar-refractivity contribution < 1.29 is 10.0 Å². The average Bonchev–Trinajstić information content (AvgIpc) is 2.77. The minimum absolute atomic E-state index is 0.0630. The van der Waals surface area contributed by atoms with Gasteiger partial charge in [0.25, 0.3) is 5.56 Å². The van der Waals surface area contributed by atoms with Crippen molar-refractivity contribution >= 4 is 5.71 Å². The summed E-state index contributed by atoms with van der Waals surface area (Å²) >= 11 is 0. The van der Waals surface area contributed by atoms with Gasteiger partial charge in [-0.15, -0.1) is 0 Å². The summed E-state index contributed by atoms with van der Waals surface area (Å²) in [4.78, 5) is 33.4. The fraction of sp³-hybridized carbons (Fsp3) is 0.320. The molecule has 0 bridgehead atoms. The van der Waals surface area contributed by atoms with Crippen molar-refractivity contribution in [1.82, 2.24) is 9.55 Å². The molecule has 2 N–H and O–H groups in total. The predicted molar refractivity (Wildman–Crippen MR) is 123 cm³/mol. The van der Waals surface area contributed by atoms with Gasteiger partial charge in [0.1, 0.15) is 6.54 Å². The van der Waals surface area contributed by atoms with E-state index < -0.39 is 17.1 Å². The molecule has 1 saturated heterocycles. The summed E-state index contributed by atoms with van der Waals surface area (Å²) in [6, 6.07) is 17.5. The molecule has 7 nitrogen and oxygen atoms in total. The van der Waals surface area contributed by atoms with Crippen molar-refractivity contribution in [3.63, 3.8) is 0 Å². The maximum Gasteiger partial charge on any atom is 0.332 e. The number of piperidine rings is 1. The number of aromatic nitrogens is 2. The van der Waals surface area contributed by atoms with Gasteiger partial charge in [0.15, 0.2) is 0 Å². The van der Waals surface area contributed by atoms with E-state index in [9.17, 15) is 14.7 Å². The van der Waals surface area contributed by atoms with Crippen LogP contribution in [0.3, 0.4) is 0 Å². The Morgan fingerprint density at radius 1 is 1.09 bits per heavy atom. The van der Waals surface area contributed by atoms with E-state index in [1.54, 1.807) is 19.1 Å². The van der Waals surface area contributed by atoms with E-state index in [-0.39, 0.29) is 11.6 Å². The molecule has 1 aliphatic heterocycles. The van der Waals surface area contributed by atoms with Crippen molar-refractivity contribution in [3.8, 4) is 11.6 Å². The lowest BCUT2D eigenvalue weighted by atomic mass is 10.0. The zero-order chi connectivity index (χ0) is 22.7. The molecule has 2 aromatic carbocycles. The summed E-state index contributed by atoms with van der Waals surface area (Å²) in [5.41, 5.74) is 1.65. The quantitative estimate of drug-likeness (QED) is 0.588. The largest absolute Gasteiger partial charge is 0.859 e. The molecule has 0 unspecified atom stereocenters. The van der Waals surface area contributed by atoms with Crippen molar-refractivity contribution in [2.45, 2.75) is 39.3 Å². The second kappa shape index (κ2) is 9.36. The predicted octanol–water partition coefficient (Wildman–Crippen LogP) is 0.964. The molecule has 0 radical (unpaired) electrons. The maximum atomic E-state index is 13.1. The Bertz CT molecular complexity index is 1220. The second-order valence-corrected chi connectivity index (χ2v) is 8.47. The number of nitrogens with one attached hydrogen (secondary N) is 2. The SMILES string of the molecule is CC(=NC1CC[NH+](Cc2ccccc2)CC1)c1c([O-])n(-c2ccc(C)cc2)c(=O)[nH]c1=O. The zero-order valence-electron chi connectivity index (χ0n) is 18.4. The molecule has 0 saturated carbocycles. The van der Waals surface area contributed by atoms with Crippen LogP contribution in [0, 0.1) is 6.92 Å². The van der Waals surface area contributed by atoms with Crippen LogP contribution < -0.4 is 21.3 Å². The van der Waals surface area contributed by atoms with Crippen LogP contribution in [0.5, 0.6) is 5.88 Å². The topological polar surface area (TPSA) is 94.7 Å². The van der Waals surface area contributed by atoms with Crippen LogP contribution in [0.4, 0.5) is 0 Å². The smallest absolute Gasteiger partial charge is 0.332 e. The standard InChI is InChI=1S/C25H28N4O3/c1-17-8-10-21(11-9-17)29-24(31)22(23(30)27-25(29)32)18(2)26-20-12-14-28(15-13-20)16-19-6-4-3-5-7-19/h3-11,20,31H,12-16H2,1-2H3,(H,27,30,32). The van der Waals surface area contributed by atoms with Gasteiger partial charge in [-0.05, 0) is 31.9 Å². The second-order valence-electron chi connectivity index (χ2n) is 8.47. The molecule has 3 aromatic rings. The third kappa shape index (κ3) is 4.73. The normalized spacial score (nSPS) is 19.1. The highest BCUT2D eigenvalue weighted by Crippen LogP contribution is 2.16. The summed E-state index contributed by atoms with van der Waals surface area (Å²) in [6.07, 6.45) is 1.78. The van der Waals surface area contributed by atoms with Crippen LogP contribution in [0.15, 0.2) is 69.2 Å². The van der Waals surface area contributed by atoms with E-state index in [1.807, 2.05) is 25.1 Å². The molecule has 0 spiro atoms. The summed E-state index contributed by atoms with van der Waals surface area (Å²) in [6.45, 7) is 6.56. The molecule has 0 aliphatic carbocycles. The summed E-state index contributed by atoms with van der Waals surface area (Å²) < 4.78 is 1.00. The Morgan fingerprint density at radius 3 is 2.41 bits per heavy atom. The van der Waals surface area contributed by atoms with Crippen LogP contribution in [-0.4, -0.2) is 34.4 Å². The van der Waals surface area contributed by atoms with Gasteiger partial charge >= 0.3 is 5.69 Å². The number of aryl methyl sites for hydroxylation is 1. The number of hydrogen-bond donors (Lipinski definition) is 2. The van der Waals surface area contributed by atoms with E-state index in [2.05, 4.69) is 29.2 Å². The number of quaternary nitrogens is 1. The fourth-order valence-corrected chi connectivity index (χ4v) is 4.30. The maximum absolute atomic E-state index is 13.1. The lowest BCUT2D eigenvalue weighted by molar-refractivity contribution is -0.918. The van der Waals surface area contributed by atoms with Gasteiger partial charge in [0.05, 0.1) is 24.7 Å². The first-order valence-corrected chi connectivity index (χ1v) is 11.0. The number of aliphatic imine (C=N–C) groups is 1. The number of benzene rings is 2. The Hall–Kier alpha value is -3.45. The van der Waals surface area contributed by atoms with Crippen molar-refractivity contribution in [2.24, 2.45) is 4.99 Å². The van der Waals surface area contributed by atoms with Gasteiger partial charge in [-0.25, -0.2) is 4.79 Å². The molecule has 1 aliphatic rings. The highest BCUT2D eigenvalue weighted by atomic mass is 16.3. The lowest BCUT2D eigenvalue weighted by Crippen LogP contribution is -3.12. The molecule has 2 heterocycles. The third-order valence-electron chi connectivity index (χ3n) is 6.06. The molecule has 166 valence electrons. The van der Waals surface area contributed by atoms with E-state index >= 15 is 0 Å². The van der Waals surface area contributed by atoms with E-state index in [4.69, 9.17) is 4.99 Å². The minimum atomic E-state index is -0.738. The molecular weight excluding hydrogens is 404 g/mol. The first-order chi connectivity index (χ1) is 15.4. The third-order valence-corrected chi connectivity index (χ3v) is 6.06. The van der Waals surface area contributed by atoms with E-state index in [0.717, 1.165) is 42.6 Å². The average molecular weight is 433 g/mol. The van der Waals surface area contributed by atoms with Crippen molar-refractivity contribution in [1.29, 1.82) is 0 Å².